The van der Waals surface area contributed by atoms with Gasteiger partial charge in [-0.2, -0.15) is 0 Å². The van der Waals surface area contributed by atoms with Gasteiger partial charge in [-0.15, -0.1) is 0 Å². The lowest BCUT2D eigenvalue weighted by molar-refractivity contribution is -0.143. The normalized spacial score (nSPS) is 20.2. The molecule has 0 unspecified atom stereocenters. The molecule has 1 aliphatic rings. The van der Waals surface area contributed by atoms with Crippen molar-refractivity contribution in [3.05, 3.63) is 0 Å². The number of likely N-dealkylation sites (N-methyl/N-ethyl adjacent to an activating group) is 1. The lowest BCUT2D eigenvalue weighted by Gasteiger charge is -2.40. The number of hydrogen-bond donors (Lipinski definition) is 1. The molecule has 17 heavy (non-hydrogen) atoms. The van der Waals surface area contributed by atoms with E-state index in [1.165, 1.54) is 0 Å². The van der Waals surface area contributed by atoms with Gasteiger partial charge >= 0.3 is 0 Å². The molecular weight excluding hydrogens is 214 g/mol. The maximum absolute atomic E-state index is 12.6. The molecule has 100 valence electrons. The Balaban J connectivity index is 2.76. The van der Waals surface area contributed by atoms with Gasteiger partial charge in [-0.1, -0.05) is 0 Å². The number of rotatable bonds is 2. The summed E-state index contributed by atoms with van der Waals surface area (Å²) in [5.74, 6) is 0.181. The van der Waals surface area contributed by atoms with Crippen LogP contribution in [0.1, 0.15) is 34.1 Å². The monoisotopic (exact) mass is 241 g/mol. The maximum atomic E-state index is 12.6. The van der Waals surface area contributed by atoms with Gasteiger partial charge in [0.15, 0.2) is 0 Å². The number of carbonyl (C=O) groups excluding carboxylic acids is 1. The molecule has 1 heterocycles. The molecule has 1 rings (SSSR count). The number of nitrogens with zero attached hydrogens (tertiary/aromatic N) is 2. The van der Waals surface area contributed by atoms with E-state index in [9.17, 15) is 4.79 Å². The summed E-state index contributed by atoms with van der Waals surface area (Å²) in [6.45, 7) is 11.4. The highest BCUT2D eigenvalue weighted by molar-refractivity contribution is 5.83. The SMILES string of the molecule is CN1CCCN(C(=O)C(C)(C)C(C)(C)N)CC1. The van der Waals surface area contributed by atoms with Crippen LogP contribution in [0.2, 0.25) is 0 Å². The molecule has 0 saturated carbocycles. The van der Waals surface area contributed by atoms with E-state index in [1.807, 2.05) is 32.6 Å². The predicted molar refractivity (Wildman–Crippen MR) is 70.7 cm³/mol. The zero-order valence-electron chi connectivity index (χ0n) is 11.9. The zero-order valence-corrected chi connectivity index (χ0v) is 11.9. The molecule has 0 aliphatic carbocycles. The Hall–Kier alpha value is -0.610. The van der Waals surface area contributed by atoms with Crippen molar-refractivity contribution in [1.82, 2.24) is 9.80 Å². The summed E-state index contributed by atoms with van der Waals surface area (Å²) in [4.78, 5) is 16.8. The van der Waals surface area contributed by atoms with Gasteiger partial charge in [0, 0.05) is 25.2 Å². The summed E-state index contributed by atoms with van der Waals surface area (Å²) in [6, 6.07) is 0. The first-order valence-corrected chi connectivity index (χ1v) is 6.43. The Morgan fingerprint density at radius 1 is 1.06 bits per heavy atom. The van der Waals surface area contributed by atoms with Crippen LogP contribution in [0.25, 0.3) is 0 Å². The largest absolute Gasteiger partial charge is 0.341 e. The van der Waals surface area contributed by atoms with Gasteiger partial charge < -0.3 is 15.5 Å². The molecule has 4 heteroatoms. The number of nitrogens with two attached hydrogens (primary N) is 1. The summed E-state index contributed by atoms with van der Waals surface area (Å²) in [7, 11) is 2.10. The molecule has 0 aromatic heterocycles. The van der Waals surface area contributed by atoms with Gasteiger partial charge in [-0.3, -0.25) is 4.79 Å². The highest BCUT2D eigenvalue weighted by atomic mass is 16.2. The van der Waals surface area contributed by atoms with Crippen molar-refractivity contribution in [1.29, 1.82) is 0 Å². The molecule has 0 aromatic carbocycles. The molecule has 1 fully saturated rings. The van der Waals surface area contributed by atoms with Crippen molar-refractivity contribution < 1.29 is 4.79 Å². The first-order valence-electron chi connectivity index (χ1n) is 6.43. The van der Waals surface area contributed by atoms with Gasteiger partial charge in [0.25, 0.3) is 0 Å². The molecule has 0 bridgehead atoms. The van der Waals surface area contributed by atoms with E-state index >= 15 is 0 Å². The second-order valence-electron chi connectivity index (χ2n) is 6.30. The van der Waals surface area contributed by atoms with Crippen molar-refractivity contribution in [2.24, 2.45) is 11.1 Å². The van der Waals surface area contributed by atoms with Crippen molar-refractivity contribution >= 4 is 5.91 Å². The lowest BCUT2D eigenvalue weighted by atomic mass is 9.74. The average Bonchev–Trinajstić information content (AvgIpc) is 2.40. The summed E-state index contributed by atoms with van der Waals surface area (Å²) >= 11 is 0. The number of carbonyl (C=O) groups is 1. The molecule has 1 saturated heterocycles. The molecule has 1 amide bonds. The number of hydrogen-bond acceptors (Lipinski definition) is 3. The maximum Gasteiger partial charge on any atom is 0.230 e. The van der Waals surface area contributed by atoms with Crippen molar-refractivity contribution in [2.45, 2.75) is 39.7 Å². The molecule has 0 atom stereocenters. The fraction of sp³-hybridized carbons (Fsp3) is 0.923. The second kappa shape index (κ2) is 4.94. The number of amides is 1. The molecule has 0 spiro atoms. The predicted octanol–water partition coefficient (Wildman–Crippen LogP) is 0.914. The Morgan fingerprint density at radius 2 is 1.65 bits per heavy atom. The van der Waals surface area contributed by atoms with Crippen LogP contribution in [0.3, 0.4) is 0 Å². The van der Waals surface area contributed by atoms with Gasteiger partial charge in [-0.05, 0) is 47.7 Å². The minimum atomic E-state index is -0.518. The lowest BCUT2D eigenvalue weighted by Crippen LogP contribution is -2.56. The fourth-order valence-electron chi connectivity index (χ4n) is 1.92. The molecule has 0 aromatic rings. The van der Waals surface area contributed by atoms with Crippen LogP contribution >= 0.6 is 0 Å². The quantitative estimate of drug-likeness (QED) is 0.782. The first-order chi connectivity index (χ1) is 7.66. The van der Waals surface area contributed by atoms with Crippen LogP contribution in [0, 0.1) is 5.41 Å². The first kappa shape index (κ1) is 14.5. The summed E-state index contributed by atoms with van der Waals surface area (Å²) in [6.07, 6.45) is 1.04. The van der Waals surface area contributed by atoms with E-state index in [0.717, 1.165) is 32.6 Å². The van der Waals surface area contributed by atoms with Gasteiger partial charge in [0.2, 0.25) is 5.91 Å². The highest BCUT2D eigenvalue weighted by Crippen LogP contribution is 2.30. The van der Waals surface area contributed by atoms with Crippen LogP contribution in [0.15, 0.2) is 0 Å². The second-order valence-corrected chi connectivity index (χ2v) is 6.30. The van der Waals surface area contributed by atoms with Crippen LogP contribution in [0.5, 0.6) is 0 Å². The third kappa shape index (κ3) is 3.19. The van der Waals surface area contributed by atoms with E-state index in [-0.39, 0.29) is 5.91 Å². The van der Waals surface area contributed by atoms with Gasteiger partial charge in [-0.25, -0.2) is 0 Å². The molecular formula is C13H27N3O. The molecule has 4 nitrogen and oxygen atoms in total. The van der Waals surface area contributed by atoms with Crippen molar-refractivity contribution in [3.63, 3.8) is 0 Å². The molecule has 2 N–H and O–H groups in total. The van der Waals surface area contributed by atoms with Crippen LogP contribution < -0.4 is 5.73 Å². The third-order valence-corrected chi connectivity index (χ3v) is 4.15. The van der Waals surface area contributed by atoms with E-state index < -0.39 is 11.0 Å². The minimum absolute atomic E-state index is 0.181. The summed E-state index contributed by atoms with van der Waals surface area (Å²) in [5.41, 5.74) is 5.11. The van der Waals surface area contributed by atoms with E-state index in [2.05, 4.69) is 11.9 Å². The minimum Gasteiger partial charge on any atom is -0.341 e. The average molecular weight is 241 g/mol. The Bertz CT molecular complexity index is 281. The van der Waals surface area contributed by atoms with Crippen LogP contribution in [0.4, 0.5) is 0 Å². The summed E-state index contributed by atoms with van der Waals surface area (Å²) in [5, 5.41) is 0. The Morgan fingerprint density at radius 3 is 2.18 bits per heavy atom. The van der Waals surface area contributed by atoms with E-state index in [1.54, 1.807) is 0 Å². The summed E-state index contributed by atoms with van der Waals surface area (Å²) < 4.78 is 0. The Labute approximate surface area is 105 Å². The van der Waals surface area contributed by atoms with Crippen LogP contribution in [-0.2, 0) is 4.79 Å². The third-order valence-electron chi connectivity index (χ3n) is 4.15. The zero-order chi connectivity index (χ0) is 13.3. The standard InChI is InChI=1S/C13H27N3O/c1-12(2,13(3,4)14)11(17)16-8-6-7-15(5)9-10-16/h6-10,14H2,1-5H3. The van der Waals surface area contributed by atoms with Gasteiger partial charge in [0.05, 0.1) is 5.41 Å². The fourth-order valence-corrected chi connectivity index (χ4v) is 1.92. The highest BCUT2D eigenvalue weighted by Gasteiger charge is 2.42. The van der Waals surface area contributed by atoms with E-state index in [4.69, 9.17) is 5.73 Å². The smallest absolute Gasteiger partial charge is 0.230 e. The van der Waals surface area contributed by atoms with Crippen molar-refractivity contribution in [2.75, 3.05) is 33.2 Å². The topological polar surface area (TPSA) is 49.6 Å². The van der Waals surface area contributed by atoms with Crippen molar-refractivity contribution in [3.8, 4) is 0 Å². The van der Waals surface area contributed by atoms with E-state index in [0.29, 0.717) is 0 Å². The molecule has 1 aliphatic heterocycles. The van der Waals surface area contributed by atoms with Crippen LogP contribution in [-0.4, -0.2) is 54.5 Å². The molecule has 0 radical (unpaired) electrons. The van der Waals surface area contributed by atoms with Gasteiger partial charge in [0.1, 0.15) is 0 Å². The Kier molecular flexibility index (Phi) is 4.20.